The molecule has 2 aliphatic rings. The first-order valence-corrected chi connectivity index (χ1v) is 10.2. The van der Waals surface area contributed by atoms with Crippen LogP contribution in [0.1, 0.15) is 59.3 Å². The van der Waals surface area contributed by atoms with Crippen LogP contribution in [0, 0.1) is 0 Å². The van der Waals surface area contributed by atoms with E-state index in [2.05, 4.69) is 41.3 Å². The van der Waals surface area contributed by atoms with Crippen molar-refractivity contribution >= 4 is 5.96 Å². The van der Waals surface area contributed by atoms with Crippen LogP contribution < -0.4 is 10.6 Å². The highest BCUT2D eigenvalue weighted by Gasteiger charge is 2.32. The standard InChI is InChI=1S/C19H38N4O2/c1-4-9-19(24,10-5-2)15-22-18(20-6-3)21-12-17-13-23-11-7-8-16(23)14-25-17/h16-17,24H,4-15H2,1-3H3,(H2,20,21,22). The van der Waals surface area contributed by atoms with E-state index in [-0.39, 0.29) is 6.10 Å². The molecule has 2 unspecified atom stereocenters. The molecule has 25 heavy (non-hydrogen) atoms. The lowest BCUT2D eigenvalue weighted by Gasteiger charge is -2.35. The van der Waals surface area contributed by atoms with Gasteiger partial charge in [0.15, 0.2) is 5.96 Å². The molecule has 3 N–H and O–H groups in total. The number of nitrogens with zero attached hydrogens (tertiary/aromatic N) is 2. The van der Waals surface area contributed by atoms with E-state index in [0.717, 1.165) is 57.9 Å². The summed E-state index contributed by atoms with van der Waals surface area (Å²) in [6.07, 6.45) is 6.33. The van der Waals surface area contributed by atoms with Crippen LogP contribution in [0.3, 0.4) is 0 Å². The number of rotatable bonds is 9. The minimum absolute atomic E-state index is 0.211. The second-order valence-electron chi connectivity index (χ2n) is 7.55. The number of nitrogens with one attached hydrogen (secondary N) is 2. The highest BCUT2D eigenvalue weighted by molar-refractivity contribution is 5.79. The number of ether oxygens (including phenoxy) is 1. The Balaban J connectivity index is 1.84. The number of morpholine rings is 1. The van der Waals surface area contributed by atoms with Gasteiger partial charge in [-0.15, -0.1) is 0 Å². The predicted octanol–water partition coefficient (Wildman–Crippen LogP) is 1.74. The van der Waals surface area contributed by atoms with Gasteiger partial charge < -0.3 is 20.5 Å². The third-order valence-electron chi connectivity index (χ3n) is 5.27. The molecular weight excluding hydrogens is 316 g/mol. The lowest BCUT2D eigenvalue weighted by atomic mass is 9.93. The van der Waals surface area contributed by atoms with Gasteiger partial charge in [0.2, 0.25) is 0 Å². The smallest absolute Gasteiger partial charge is 0.191 e. The summed E-state index contributed by atoms with van der Waals surface area (Å²) in [4.78, 5) is 7.21. The first-order valence-electron chi connectivity index (χ1n) is 10.2. The molecule has 2 atom stereocenters. The zero-order chi connectivity index (χ0) is 18.1. The third-order valence-corrected chi connectivity index (χ3v) is 5.27. The second-order valence-corrected chi connectivity index (χ2v) is 7.55. The van der Waals surface area contributed by atoms with Crippen molar-refractivity contribution in [3.8, 4) is 0 Å². The largest absolute Gasteiger partial charge is 0.388 e. The lowest BCUT2D eigenvalue weighted by molar-refractivity contribution is -0.0453. The van der Waals surface area contributed by atoms with E-state index in [0.29, 0.717) is 12.6 Å². The van der Waals surface area contributed by atoms with Crippen LogP contribution in [0.15, 0.2) is 4.99 Å². The number of guanidine groups is 1. The van der Waals surface area contributed by atoms with Gasteiger partial charge in [-0.05, 0) is 39.2 Å². The molecular formula is C19H38N4O2. The van der Waals surface area contributed by atoms with Crippen LogP contribution >= 0.6 is 0 Å². The van der Waals surface area contributed by atoms with Crippen molar-refractivity contribution in [3.05, 3.63) is 0 Å². The Labute approximate surface area is 153 Å². The first kappa shape index (κ1) is 20.5. The Kier molecular flexibility index (Phi) is 8.46. The lowest BCUT2D eigenvalue weighted by Crippen LogP contribution is -2.51. The van der Waals surface area contributed by atoms with Gasteiger partial charge in [-0.2, -0.15) is 0 Å². The van der Waals surface area contributed by atoms with Crippen molar-refractivity contribution in [1.29, 1.82) is 0 Å². The fourth-order valence-electron chi connectivity index (χ4n) is 4.00. The van der Waals surface area contributed by atoms with E-state index < -0.39 is 5.60 Å². The normalized spacial score (nSPS) is 25.0. The maximum atomic E-state index is 10.8. The van der Waals surface area contributed by atoms with E-state index in [4.69, 9.17) is 4.74 Å². The van der Waals surface area contributed by atoms with E-state index in [9.17, 15) is 5.11 Å². The fourth-order valence-corrected chi connectivity index (χ4v) is 4.00. The fraction of sp³-hybridized carbons (Fsp3) is 0.947. The molecule has 6 heteroatoms. The molecule has 2 fully saturated rings. The van der Waals surface area contributed by atoms with Crippen LogP contribution in [0.5, 0.6) is 0 Å². The summed E-state index contributed by atoms with van der Waals surface area (Å²) >= 11 is 0. The molecule has 146 valence electrons. The number of aliphatic hydroxyl groups is 1. The van der Waals surface area contributed by atoms with Gasteiger partial charge >= 0.3 is 0 Å². The summed E-state index contributed by atoms with van der Waals surface area (Å²) in [5.74, 6) is 0.778. The zero-order valence-corrected chi connectivity index (χ0v) is 16.4. The van der Waals surface area contributed by atoms with Gasteiger partial charge in [-0.3, -0.25) is 9.89 Å². The predicted molar refractivity (Wildman–Crippen MR) is 103 cm³/mol. The molecule has 2 aliphatic heterocycles. The summed E-state index contributed by atoms with van der Waals surface area (Å²) in [5.41, 5.74) is -0.685. The molecule has 2 saturated heterocycles. The summed E-state index contributed by atoms with van der Waals surface area (Å²) in [7, 11) is 0. The van der Waals surface area contributed by atoms with Crippen LogP contribution in [0.4, 0.5) is 0 Å². The molecule has 0 aromatic heterocycles. The molecule has 2 heterocycles. The van der Waals surface area contributed by atoms with Crippen molar-refractivity contribution in [2.75, 3.05) is 39.3 Å². The third kappa shape index (κ3) is 6.42. The van der Waals surface area contributed by atoms with Crippen molar-refractivity contribution in [2.24, 2.45) is 4.99 Å². The second kappa shape index (κ2) is 10.3. The van der Waals surface area contributed by atoms with Crippen molar-refractivity contribution < 1.29 is 9.84 Å². The van der Waals surface area contributed by atoms with E-state index in [1.165, 1.54) is 19.4 Å². The topological polar surface area (TPSA) is 69.1 Å². The minimum atomic E-state index is -0.685. The van der Waals surface area contributed by atoms with Gasteiger partial charge in [-0.25, -0.2) is 0 Å². The van der Waals surface area contributed by atoms with Gasteiger partial charge in [0, 0.05) is 25.7 Å². The van der Waals surface area contributed by atoms with E-state index in [1.54, 1.807) is 0 Å². The highest BCUT2D eigenvalue weighted by Crippen LogP contribution is 2.22. The molecule has 0 aliphatic carbocycles. The summed E-state index contributed by atoms with van der Waals surface area (Å²) in [6.45, 7) is 11.4. The summed E-state index contributed by atoms with van der Waals surface area (Å²) < 4.78 is 6.01. The maximum absolute atomic E-state index is 10.8. The van der Waals surface area contributed by atoms with Crippen LogP contribution in [-0.4, -0.2) is 73.0 Å². The molecule has 0 aromatic carbocycles. The van der Waals surface area contributed by atoms with Crippen molar-refractivity contribution in [2.45, 2.75) is 77.0 Å². The Morgan fingerprint density at radius 1 is 1.24 bits per heavy atom. The highest BCUT2D eigenvalue weighted by atomic mass is 16.5. The Bertz CT molecular complexity index is 410. The van der Waals surface area contributed by atoms with Crippen molar-refractivity contribution in [3.63, 3.8) is 0 Å². The van der Waals surface area contributed by atoms with Crippen molar-refractivity contribution in [1.82, 2.24) is 15.5 Å². The first-order chi connectivity index (χ1) is 12.1. The quantitative estimate of drug-likeness (QED) is 0.435. The molecule has 6 nitrogen and oxygen atoms in total. The SMILES string of the molecule is CCCC(O)(CCC)CN=C(NCC)NCC1CN2CCCC2CO1. The molecule has 0 spiro atoms. The Morgan fingerprint density at radius 3 is 2.68 bits per heavy atom. The molecule has 0 radical (unpaired) electrons. The number of hydrogen-bond acceptors (Lipinski definition) is 4. The maximum Gasteiger partial charge on any atom is 0.191 e. The summed E-state index contributed by atoms with van der Waals surface area (Å²) in [5, 5.41) is 17.4. The van der Waals surface area contributed by atoms with E-state index >= 15 is 0 Å². The molecule has 0 bridgehead atoms. The van der Waals surface area contributed by atoms with Crippen LogP contribution in [0.25, 0.3) is 0 Å². The number of fused-ring (bicyclic) bond motifs is 1. The minimum Gasteiger partial charge on any atom is -0.388 e. The van der Waals surface area contributed by atoms with Gasteiger partial charge in [0.05, 0.1) is 24.9 Å². The van der Waals surface area contributed by atoms with Crippen LogP contribution in [-0.2, 0) is 4.74 Å². The number of hydrogen-bond donors (Lipinski definition) is 3. The van der Waals surface area contributed by atoms with Crippen LogP contribution in [0.2, 0.25) is 0 Å². The Hall–Kier alpha value is -0.850. The average molecular weight is 355 g/mol. The molecule has 0 saturated carbocycles. The molecule has 2 rings (SSSR count). The van der Waals surface area contributed by atoms with Gasteiger partial charge in [-0.1, -0.05) is 26.7 Å². The molecule has 0 aromatic rings. The number of aliphatic imine (C=N–C) groups is 1. The average Bonchev–Trinajstić information content (AvgIpc) is 3.05. The zero-order valence-electron chi connectivity index (χ0n) is 16.4. The molecule has 0 amide bonds. The monoisotopic (exact) mass is 354 g/mol. The van der Waals surface area contributed by atoms with Gasteiger partial charge in [0.1, 0.15) is 0 Å². The van der Waals surface area contributed by atoms with Gasteiger partial charge in [0.25, 0.3) is 0 Å². The summed E-state index contributed by atoms with van der Waals surface area (Å²) in [6, 6.07) is 0.635. The Morgan fingerprint density at radius 2 is 2.00 bits per heavy atom. The van der Waals surface area contributed by atoms with E-state index in [1.807, 2.05) is 0 Å².